The molecule has 4 heterocycles. The fourth-order valence-electron chi connectivity index (χ4n) is 3.27. The quantitative estimate of drug-likeness (QED) is 0.927. The first-order valence-electron chi connectivity index (χ1n) is 8.05. The summed E-state index contributed by atoms with van der Waals surface area (Å²) in [4.78, 5) is 6.85. The number of hydrogen-bond acceptors (Lipinski definition) is 6. The van der Waals surface area contributed by atoms with Crippen molar-refractivity contribution < 1.29 is 9.26 Å². The molecule has 0 amide bonds. The molecular weight excluding hydrogens is 282 g/mol. The number of fused-ring (bicyclic) bond motifs is 1. The van der Waals surface area contributed by atoms with Crippen LogP contribution in [0, 0.1) is 0 Å². The van der Waals surface area contributed by atoms with Gasteiger partial charge in [0, 0.05) is 37.4 Å². The van der Waals surface area contributed by atoms with Crippen LogP contribution in [0.15, 0.2) is 4.52 Å². The van der Waals surface area contributed by atoms with Crippen molar-refractivity contribution in [1.82, 2.24) is 25.2 Å². The van der Waals surface area contributed by atoms with Crippen molar-refractivity contribution in [3.8, 4) is 0 Å². The summed E-state index contributed by atoms with van der Waals surface area (Å²) in [7, 11) is 0. The first kappa shape index (κ1) is 13.9. The Hall–Kier alpha value is -1.73. The molecule has 2 aromatic rings. The Morgan fingerprint density at radius 3 is 3.18 bits per heavy atom. The van der Waals surface area contributed by atoms with E-state index in [9.17, 15) is 0 Å². The minimum Gasteiger partial charge on any atom is -0.368 e. The molecule has 0 aliphatic carbocycles. The number of aromatic nitrogens is 4. The zero-order valence-electron chi connectivity index (χ0n) is 12.8. The van der Waals surface area contributed by atoms with Gasteiger partial charge in [-0.1, -0.05) is 12.1 Å². The van der Waals surface area contributed by atoms with E-state index in [-0.39, 0.29) is 6.10 Å². The van der Waals surface area contributed by atoms with Crippen LogP contribution in [0.4, 0.5) is 0 Å². The average molecular weight is 303 g/mol. The topological polar surface area (TPSA) is 80.1 Å². The third kappa shape index (κ3) is 2.55. The van der Waals surface area contributed by atoms with Gasteiger partial charge in [0.1, 0.15) is 6.10 Å². The standard InChI is InChI=1S/C15H21N5O2/c1-2-11-10-8-20(6-5-12(10)18-17-11)9-14-16-15(22-19-14)13-4-3-7-21-13/h13H,2-9H2,1H3,(H,17,18)/t13-/m1/s1. The summed E-state index contributed by atoms with van der Waals surface area (Å²) < 4.78 is 10.9. The van der Waals surface area contributed by atoms with Gasteiger partial charge in [0.2, 0.25) is 0 Å². The molecule has 1 atom stereocenters. The number of nitrogens with zero attached hydrogens (tertiary/aromatic N) is 4. The Kier molecular flexibility index (Phi) is 3.67. The normalized spacial score (nSPS) is 22.1. The van der Waals surface area contributed by atoms with Gasteiger partial charge in [-0.3, -0.25) is 10.00 Å². The van der Waals surface area contributed by atoms with E-state index in [1.54, 1.807) is 0 Å². The summed E-state index contributed by atoms with van der Waals surface area (Å²) in [5.74, 6) is 1.37. The van der Waals surface area contributed by atoms with Gasteiger partial charge in [-0.05, 0) is 19.3 Å². The molecule has 22 heavy (non-hydrogen) atoms. The molecule has 1 N–H and O–H groups in total. The van der Waals surface area contributed by atoms with Crippen LogP contribution in [0.5, 0.6) is 0 Å². The van der Waals surface area contributed by atoms with E-state index in [1.165, 1.54) is 17.0 Å². The maximum atomic E-state index is 5.59. The first-order chi connectivity index (χ1) is 10.8. The molecule has 2 aliphatic rings. The smallest absolute Gasteiger partial charge is 0.255 e. The first-order valence-corrected chi connectivity index (χ1v) is 8.05. The summed E-state index contributed by atoms with van der Waals surface area (Å²) in [5.41, 5.74) is 3.80. The molecule has 4 rings (SSSR count). The minimum absolute atomic E-state index is 0.00484. The lowest BCUT2D eigenvalue weighted by Crippen LogP contribution is -2.30. The highest BCUT2D eigenvalue weighted by Gasteiger charge is 2.26. The molecule has 7 heteroatoms. The summed E-state index contributed by atoms with van der Waals surface area (Å²) in [5, 5.41) is 11.7. The van der Waals surface area contributed by atoms with Crippen LogP contribution >= 0.6 is 0 Å². The zero-order chi connectivity index (χ0) is 14.9. The fraction of sp³-hybridized carbons (Fsp3) is 0.667. The highest BCUT2D eigenvalue weighted by molar-refractivity contribution is 5.27. The minimum atomic E-state index is -0.00484. The Morgan fingerprint density at radius 1 is 1.41 bits per heavy atom. The monoisotopic (exact) mass is 303 g/mol. The number of rotatable bonds is 4. The molecule has 0 spiro atoms. The summed E-state index contributed by atoms with van der Waals surface area (Å²) in [6, 6.07) is 0. The third-order valence-electron chi connectivity index (χ3n) is 4.49. The van der Waals surface area contributed by atoms with Crippen molar-refractivity contribution in [2.24, 2.45) is 0 Å². The molecule has 0 radical (unpaired) electrons. The van der Waals surface area contributed by atoms with Crippen LogP contribution in [0.2, 0.25) is 0 Å². The predicted molar refractivity (Wildman–Crippen MR) is 78.0 cm³/mol. The second kappa shape index (κ2) is 5.81. The van der Waals surface area contributed by atoms with Crippen LogP contribution in [-0.2, 0) is 30.7 Å². The van der Waals surface area contributed by atoms with Crippen molar-refractivity contribution in [1.29, 1.82) is 0 Å². The van der Waals surface area contributed by atoms with E-state index < -0.39 is 0 Å². The summed E-state index contributed by atoms with van der Waals surface area (Å²) >= 11 is 0. The third-order valence-corrected chi connectivity index (χ3v) is 4.49. The molecule has 1 fully saturated rings. The van der Waals surface area contributed by atoms with Crippen molar-refractivity contribution in [3.05, 3.63) is 28.7 Å². The molecule has 7 nitrogen and oxygen atoms in total. The van der Waals surface area contributed by atoms with Crippen LogP contribution in [0.1, 0.15) is 54.5 Å². The number of ether oxygens (including phenoxy) is 1. The molecule has 118 valence electrons. The number of nitrogens with one attached hydrogen (secondary N) is 1. The van der Waals surface area contributed by atoms with Gasteiger partial charge in [0.15, 0.2) is 5.82 Å². The Morgan fingerprint density at radius 2 is 2.36 bits per heavy atom. The van der Waals surface area contributed by atoms with Gasteiger partial charge in [-0.25, -0.2) is 0 Å². The highest BCUT2D eigenvalue weighted by Crippen LogP contribution is 2.27. The van der Waals surface area contributed by atoms with Crippen molar-refractivity contribution in [2.45, 2.75) is 51.8 Å². The van der Waals surface area contributed by atoms with Crippen molar-refractivity contribution >= 4 is 0 Å². The zero-order valence-corrected chi connectivity index (χ0v) is 12.8. The Labute approximate surface area is 129 Å². The van der Waals surface area contributed by atoms with Gasteiger partial charge in [-0.2, -0.15) is 10.1 Å². The van der Waals surface area contributed by atoms with Crippen molar-refractivity contribution in [3.63, 3.8) is 0 Å². The Balaban J connectivity index is 1.43. The predicted octanol–water partition coefficient (Wildman–Crippen LogP) is 1.76. The summed E-state index contributed by atoms with van der Waals surface area (Å²) in [6.45, 7) is 5.53. The molecule has 0 unspecified atom stereocenters. The lowest BCUT2D eigenvalue weighted by atomic mass is 10.0. The van der Waals surface area contributed by atoms with E-state index in [4.69, 9.17) is 9.26 Å². The van der Waals surface area contributed by atoms with E-state index in [1.807, 2.05) is 0 Å². The molecular formula is C15H21N5O2. The second-order valence-electron chi connectivity index (χ2n) is 5.99. The maximum Gasteiger partial charge on any atom is 0.255 e. The van der Waals surface area contributed by atoms with E-state index in [2.05, 4.69) is 32.2 Å². The molecule has 0 aromatic carbocycles. The van der Waals surface area contributed by atoms with Crippen LogP contribution in [-0.4, -0.2) is 38.4 Å². The largest absolute Gasteiger partial charge is 0.368 e. The number of aryl methyl sites for hydroxylation is 1. The number of aromatic amines is 1. The fourth-order valence-corrected chi connectivity index (χ4v) is 3.27. The molecule has 0 bridgehead atoms. The van der Waals surface area contributed by atoms with Gasteiger partial charge in [-0.15, -0.1) is 0 Å². The van der Waals surface area contributed by atoms with Gasteiger partial charge in [0.05, 0.1) is 12.2 Å². The Bertz CT molecular complexity index is 631. The van der Waals surface area contributed by atoms with Crippen molar-refractivity contribution in [2.75, 3.05) is 13.2 Å². The van der Waals surface area contributed by atoms with Gasteiger partial charge >= 0.3 is 0 Å². The number of H-pyrrole nitrogens is 1. The lowest BCUT2D eigenvalue weighted by molar-refractivity contribution is 0.0835. The molecule has 0 saturated carbocycles. The van der Waals surface area contributed by atoms with Gasteiger partial charge < -0.3 is 9.26 Å². The SMILES string of the molecule is CCc1n[nH]c2c1CN(Cc1noc([C@H]3CCCO3)n1)CC2. The van der Waals surface area contributed by atoms with Gasteiger partial charge in [0.25, 0.3) is 5.89 Å². The van der Waals surface area contributed by atoms with Crippen LogP contribution in [0.25, 0.3) is 0 Å². The van der Waals surface area contributed by atoms with E-state index >= 15 is 0 Å². The van der Waals surface area contributed by atoms with Crippen LogP contribution < -0.4 is 0 Å². The van der Waals surface area contributed by atoms with E-state index in [0.29, 0.717) is 12.4 Å². The second-order valence-corrected chi connectivity index (χ2v) is 5.99. The number of hydrogen-bond donors (Lipinski definition) is 1. The molecule has 2 aliphatic heterocycles. The molecule has 1 saturated heterocycles. The lowest BCUT2D eigenvalue weighted by Gasteiger charge is -2.25. The summed E-state index contributed by atoms with van der Waals surface area (Å²) in [6.07, 6.45) is 4.00. The highest BCUT2D eigenvalue weighted by atomic mass is 16.5. The molecule has 2 aromatic heterocycles. The average Bonchev–Trinajstić information content (AvgIpc) is 3.27. The van der Waals surface area contributed by atoms with E-state index in [0.717, 1.165) is 51.2 Å². The maximum absolute atomic E-state index is 5.59. The van der Waals surface area contributed by atoms with Crippen LogP contribution in [0.3, 0.4) is 0 Å².